The van der Waals surface area contributed by atoms with Crippen LogP contribution in [0.15, 0.2) is 46.6 Å². The van der Waals surface area contributed by atoms with Crippen molar-refractivity contribution in [2.75, 3.05) is 0 Å². The van der Waals surface area contributed by atoms with Crippen LogP contribution in [0, 0.1) is 0 Å². The summed E-state index contributed by atoms with van der Waals surface area (Å²) in [5, 5.41) is 10.1. The number of alkyl halides is 3. The zero-order valence-electron chi connectivity index (χ0n) is 11.1. The first-order chi connectivity index (χ1) is 9.90. The van der Waals surface area contributed by atoms with Gasteiger partial charge in [0.05, 0.1) is 17.4 Å². The summed E-state index contributed by atoms with van der Waals surface area (Å²) in [4.78, 5) is 8.65. The maximum atomic E-state index is 12.4. The fourth-order valence-corrected chi connectivity index (χ4v) is 2.31. The van der Waals surface area contributed by atoms with Crippen LogP contribution in [-0.4, -0.2) is 15.1 Å². The molecule has 0 amide bonds. The predicted molar refractivity (Wildman–Crippen MR) is 72.8 cm³/mol. The molecule has 3 nitrogen and oxygen atoms in total. The Labute approximate surface area is 124 Å². The normalized spacial score (nSPS) is 13.2. The Balaban J connectivity index is 2.08. The third-order valence-electron chi connectivity index (χ3n) is 2.77. The number of hydrogen-bond acceptors (Lipinski definition) is 4. The fraction of sp³-hybridized carbons (Fsp3) is 0.286. The molecule has 2 heterocycles. The van der Waals surface area contributed by atoms with Gasteiger partial charge < -0.3 is 5.11 Å². The van der Waals surface area contributed by atoms with Gasteiger partial charge in [-0.15, -0.1) is 0 Å². The molecule has 0 aliphatic carbocycles. The lowest BCUT2D eigenvalue weighted by molar-refractivity contribution is -0.137. The molecular formula is C14H13F3N2OS. The summed E-state index contributed by atoms with van der Waals surface area (Å²) < 4.78 is 37.3. The number of pyridine rings is 2. The summed E-state index contributed by atoms with van der Waals surface area (Å²) in [5.41, 5.74) is -0.200. The minimum absolute atomic E-state index is 0.452. The van der Waals surface area contributed by atoms with Crippen LogP contribution < -0.4 is 0 Å². The summed E-state index contributed by atoms with van der Waals surface area (Å²) >= 11 is 1.21. The Morgan fingerprint density at radius 2 is 1.90 bits per heavy atom. The molecular weight excluding hydrogens is 301 g/mol. The molecule has 2 aromatic rings. The summed E-state index contributed by atoms with van der Waals surface area (Å²) in [7, 11) is 0. The van der Waals surface area contributed by atoms with E-state index in [1.54, 1.807) is 18.3 Å². The fourth-order valence-electron chi connectivity index (χ4n) is 1.59. The molecule has 21 heavy (non-hydrogen) atoms. The smallest absolute Gasteiger partial charge is 0.387 e. The molecule has 0 aliphatic rings. The summed E-state index contributed by atoms with van der Waals surface area (Å²) in [6, 6.07) is 5.77. The number of aliphatic hydroxyl groups is 1. The van der Waals surface area contributed by atoms with E-state index in [1.807, 2.05) is 6.92 Å². The molecule has 112 valence electrons. The highest BCUT2D eigenvalue weighted by atomic mass is 32.2. The van der Waals surface area contributed by atoms with E-state index in [4.69, 9.17) is 0 Å². The van der Waals surface area contributed by atoms with Crippen molar-refractivity contribution < 1.29 is 18.3 Å². The van der Waals surface area contributed by atoms with Crippen molar-refractivity contribution in [1.82, 2.24) is 9.97 Å². The molecule has 0 saturated carbocycles. The van der Waals surface area contributed by atoms with Crippen LogP contribution in [0.4, 0.5) is 13.2 Å². The van der Waals surface area contributed by atoms with Gasteiger partial charge in [0.25, 0.3) is 0 Å². The van der Waals surface area contributed by atoms with Crippen molar-refractivity contribution in [3.05, 3.63) is 47.9 Å². The van der Waals surface area contributed by atoms with Crippen molar-refractivity contribution in [1.29, 1.82) is 0 Å². The lowest BCUT2D eigenvalue weighted by atomic mass is 10.2. The molecule has 0 aliphatic heterocycles. The Morgan fingerprint density at radius 1 is 1.14 bits per heavy atom. The first-order valence-corrected chi connectivity index (χ1v) is 7.07. The van der Waals surface area contributed by atoms with Crippen molar-refractivity contribution in [3.63, 3.8) is 0 Å². The first-order valence-electron chi connectivity index (χ1n) is 6.25. The van der Waals surface area contributed by atoms with E-state index in [9.17, 15) is 18.3 Å². The highest BCUT2D eigenvalue weighted by molar-refractivity contribution is 7.99. The highest BCUT2D eigenvalue weighted by Crippen LogP contribution is 2.31. The average molecular weight is 314 g/mol. The van der Waals surface area contributed by atoms with Gasteiger partial charge in [0.1, 0.15) is 5.03 Å². The van der Waals surface area contributed by atoms with Crippen molar-refractivity contribution in [2.45, 2.75) is 35.5 Å². The first kappa shape index (κ1) is 15.8. The van der Waals surface area contributed by atoms with Crippen LogP contribution in [0.5, 0.6) is 0 Å². The Hall–Kier alpha value is -1.60. The lowest BCUT2D eigenvalue weighted by Crippen LogP contribution is -2.05. The van der Waals surface area contributed by atoms with Gasteiger partial charge >= 0.3 is 6.18 Å². The number of halogens is 3. The van der Waals surface area contributed by atoms with Gasteiger partial charge in [0, 0.05) is 17.3 Å². The van der Waals surface area contributed by atoms with E-state index in [0.717, 1.165) is 17.2 Å². The molecule has 0 radical (unpaired) electrons. The second-order valence-electron chi connectivity index (χ2n) is 4.33. The van der Waals surface area contributed by atoms with E-state index in [0.29, 0.717) is 17.1 Å². The largest absolute Gasteiger partial charge is 0.417 e. The molecule has 2 rings (SSSR count). The van der Waals surface area contributed by atoms with Gasteiger partial charge in [-0.3, -0.25) is 4.98 Å². The van der Waals surface area contributed by atoms with E-state index in [1.165, 1.54) is 17.8 Å². The predicted octanol–water partition coefficient (Wildman–Crippen LogP) is 4.09. The maximum absolute atomic E-state index is 12.4. The van der Waals surface area contributed by atoms with Gasteiger partial charge in [-0.1, -0.05) is 18.7 Å². The third-order valence-corrected chi connectivity index (χ3v) is 3.70. The summed E-state index contributed by atoms with van der Waals surface area (Å²) in [6.07, 6.45) is -2.04. The third kappa shape index (κ3) is 4.18. The van der Waals surface area contributed by atoms with Crippen molar-refractivity contribution in [3.8, 4) is 0 Å². The minimum atomic E-state index is -4.38. The lowest BCUT2D eigenvalue weighted by Gasteiger charge is -2.08. The quantitative estimate of drug-likeness (QED) is 0.923. The van der Waals surface area contributed by atoms with Crippen LogP contribution in [-0.2, 0) is 6.18 Å². The van der Waals surface area contributed by atoms with Crippen LogP contribution in [0.25, 0.3) is 0 Å². The minimum Gasteiger partial charge on any atom is -0.387 e. The molecule has 7 heteroatoms. The molecule has 0 fully saturated rings. The zero-order valence-corrected chi connectivity index (χ0v) is 11.9. The summed E-state index contributed by atoms with van der Waals surface area (Å²) in [5.74, 6) is 0. The second-order valence-corrected chi connectivity index (χ2v) is 5.42. The van der Waals surface area contributed by atoms with Gasteiger partial charge in [-0.05, 0) is 30.7 Å². The highest BCUT2D eigenvalue weighted by Gasteiger charge is 2.30. The topological polar surface area (TPSA) is 46.0 Å². The molecule has 0 spiro atoms. The van der Waals surface area contributed by atoms with Crippen molar-refractivity contribution >= 4 is 11.8 Å². The zero-order chi connectivity index (χ0) is 15.5. The summed E-state index contributed by atoms with van der Waals surface area (Å²) in [6.45, 7) is 1.85. The molecule has 1 N–H and O–H groups in total. The molecule has 2 aromatic heterocycles. The number of hydrogen-bond donors (Lipinski definition) is 1. The van der Waals surface area contributed by atoms with Crippen molar-refractivity contribution in [2.24, 2.45) is 0 Å². The molecule has 0 saturated heterocycles. The standard InChI is InChI=1S/C14H13F3N2OS/c1-2-12(20)11-5-4-10(8-18-11)21-13-6-3-9(7-19-13)14(15,16)17/h3-8,12,20H,2H2,1H3/t12-/m0/s1. The van der Waals surface area contributed by atoms with Gasteiger partial charge in [-0.25, -0.2) is 4.98 Å². The van der Waals surface area contributed by atoms with Gasteiger partial charge in [0.15, 0.2) is 0 Å². The molecule has 0 aromatic carbocycles. The Kier molecular flexibility index (Phi) is 4.84. The second kappa shape index (κ2) is 6.44. The number of rotatable bonds is 4. The number of nitrogens with zero attached hydrogens (tertiary/aromatic N) is 2. The molecule has 0 bridgehead atoms. The van der Waals surface area contributed by atoms with E-state index >= 15 is 0 Å². The van der Waals surface area contributed by atoms with Gasteiger partial charge in [0.2, 0.25) is 0 Å². The van der Waals surface area contributed by atoms with Crippen LogP contribution >= 0.6 is 11.8 Å². The van der Waals surface area contributed by atoms with Crippen LogP contribution in [0.1, 0.15) is 30.7 Å². The Morgan fingerprint density at radius 3 is 2.38 bits per heavy atom. The average Bonchev–Trinajstić information content (AvgIpc) is 2.47. The SMILES string of the molecule is CC[C@H](O)c1ccc(Sc2ccc(C(F)(F)F)cn2)cn1. The molecule has 1 atom stereocenters. The molecule has 0 unspecified atom stereocenters. The number of aliphatic hydroxyl groups excluding tert-OH is 1. The van der Waals surface area contributed by atoms with Crippen LogP contribution in [0.3, 0.4) is 0 Å². The van der Waals surface area contributed by atoms with Crippen LogP contribution in [0.2, 0.25) is 0 Å². The monoisotopic (exact) mass is 314 g/mol. The van der Waals surface area contributed by atoms with Gasteiger partial charge in [-0.2, -0.15) is 13.2 Å². The number of aromatic nitrogens is 2. The maximum Gasteiger partial charge on any atom is 0.417 e. The Bertz CT molecular complexity index is 585. The van der Waals surface area contributed by atoms with E-state index in [-0.39, 0.29) is 0 Å². The van der Waals surface area contributed by atoms with E-state index in [2.05, 4.69) is 9.97 Å². The van der Waals surface area contributed by atoms with E-state index < -0.39 is 17.8 Å².